The fourth-order valence-electron chi connectivity index (χ4n) is 3.19. The molecule has 0 bridgehead atoms. The van der Waals surface area contributed by atoms with Crippen LogP contribution in [-0.4, -0.2) is 5.78 Å². The molecular formula is C15H24O. The molecule has 0 radical (unpaired) electrons. The molecule has 0 saturated heterocycles. The number of hydrogen-bond donors (Lipinski definition) is 0. The predicted octanol–water partition coefficient (Wildman–Crippen LogP) is 4.13. The van der Waals surface area contributed by atoms with E-state index in [-0.39, 0.29) is 0 Å². The average molecular weight is 220 g/mol. The maximum atomic E-state index is 11.6. The zero-order valence-electron chi connectivity index (χ0n) is 10.7. The maximum Gasteiger partial charge on any atom is 0.155 e. The van der Waals surface area contributed by atoms with Crippen molar-refractivity contribution in [3.8, 4) is 0 Å². The van der Waals surface area contributed by atoms with Gasteiger partial charge in [0.1, 0.15) is 0 Å². The summed E-state index contributed by atoms with van der Waals surface area (Å²) in [7, 11) is 0. The van der Waals surface area contributed by atoms with Crippen LogP contribution in [0.1, 0.15) is 58.8 Å². The molecule has 16 heavy (non-hydrogen) atoms. The minimum atomic E-state index is 0.374. The van der Waals surface area contributed by atoms with Gasteiger partial charge in [-0.3, -0.25) is 4.79 Å². The van der Waals surface area contributed by atoms with Crippen molar-refractivity contribution in [1.82, 2.24) is 0 Å². The minimum Gasteiger partial charge on any atom is -0.295 e. The van der Waals surface area contributed by atoms with E-state index in [1.807, 2.05) is 6.08 Å². The Bertz CT molecular complexity index is 290. The van der Waals surface area contributed by atoms with Crippen LogP contribution in [0.2, 0.25) is 0 Å². The van der Waals surface area contributed by atoms with E-state index in [1.165, 1.54) is 37.7 Å². The predicted molar refractivity (Wildman–Crippen MR) is 67.2 cm³/mol. The number of ketones is 1. The Morgan fingerprint density at radius 1 is 1.06 bits per heavy atom. The lowest BCUT2D eigenvalue weighted by molar-refractivity contribution is -0.114. The Morgan fingerprint density at radius 2 is 1.81 bits per heavy atom. The second-order valence-electron chi connectivity index (χ2n) is 5.86. The van der Waals surface area contributed by atoms with Crippen molar-refractivity contribution in [1.29, 1.82) is 0 Å². The molecule has 90 valence electrons. The molecule has 1 fully saturated rings. The second-order valence-corrected chi connectivity index (χ2v) is 5.86. The summed E-state index contributed by atoms with van der Waals surface area (Å²) in [5.74, 6) is 2.79. The van der Waals surface area contributed by atoms with Gasteiger partial charge in [-0.05, 0) is 62.4 Å². The molecule has 1 nitrogen and oxygen atoms in total. The average Bonchev–Trinajstić information content (AvgIpc) is 2.47. The first-order valence-corrected chi connectivity index (χ1v) is 6.90. The molecule has 0 aromatic rings. The molecular weight excluding hydrogens is 196 g/mol. The van der Waals surface area contributed by atoms with Gasteiger partial charge >= 0.3 is 0 Å². The molecule has 0 aromatic heterocycles. The molecule has 1 heteroatoms. The van der Waals surface area contributed by atoms with Crippen LogP contribution >= 0.6 is 0 Å². The van der Waals surface area contributed by atoms with Crippen LogP contribution in [0.3, 0.4) is 0 Å². The van der Waals surface area contributed by atoms with Crippen molar-refractivity contribution in [2.45, 2.75) is 58.8 Å². The van der Waals surface area contributed by atoms with Crippen LogP contribution in [0, 0.1) is 17.8 Å². The minimum absolute atomic E-state index is 0.374. The molecule has 0 heterocycles. The smallest absolute Gasteiger partial charge is 0.155 e. The Kier molecular flexibility index (Phi) is 3.83. The first kappa shape index (κ1) is 11.9. The fraction of sp³-hybridized carbons (Fsp3) is 0.800. The highest BCUT2D eigenvalue weighted by Crippen LogP contribution is 2.39. The monoisotopic (exact) mass is 220 g/mol. The zero-order chi connectivity index (χ0) is 11.5. The van der Waals surface area contributed by atoms with Crippen molar-refractivity contribution < 1.29 is 4.79 Å². The van der Waals surface area contributed by atoms with Crippen LogP contribution in [0.25, 0.3) is 0 Å². The normalized spacial score (nSPS) is 36.8. The van der Waals surface area contributed by atoms with Crippen molar-refractivity contribution >= 4 is 5.78 Å². The lowest BCUT2D eigenvalue weighted by Gasteiger charge is -2.33. The van der Waals surface area contributed by atoms with Gasteiger partial charge in [0.2, 0.25) is 0 Å². The van der Waals surface area contributed by atoms with E-state index in [0.29, 0.717) is 11.7 Å². The van der Waals surface area contributed by atoms with Crippen molar-refractivity contribution in [2.75, 3.05) is 0 Å². The van der Waals surface area contributed by atoms with E-state index in [0.717, 1.165) is 24.7 Å². The van der Waals surface area contributed by atoms with E-state index in [1.54, 1.807) is 0 Å². The van der Waals surface area contributed by atoms with Crippen molar-refractivity contribution in [3.05, 3.63) is 11.6 Å². The van der Waals surface area contributed by atoms with Gasteiger partial charge in [0.05, 0.1) is 0 Å². The molecule has 3 atom stereocenters. The van der Waals surface area contributed by atoms with Crippen molar-refractivity contribution in [3.63, 3.8) is 0 Å². The molecule has 2 aliphatic carbocycles. The fourth-order valence-corrected chi connectivity index (χ4v) is 3.19. The van der Waals surface area contributed by atoms with Gasteiger partial charge in [-0.1, -0.05) is 19.4 Å². The van der Waals surface area contributed by atoms with Gasteiger partial charge in [0.25, 0.3) is 0 Å². The van der Waals surface area contributed by atoms with Crippen LogP contribution in [-0.2, 0) is 4.79 Å². The summed E-state index contributed by atoms with van der Waals surface area (Å²) in [6.45, 7) is 4.74. The topological polar surface area (TPSA) is 17.1 Å². The van der Waals surface area contributed by atoms with Gasteiger partial charge in [0.15, 0.2) is 5.78 Å². The van der Waals surface area contributed by atoms with Gasteiger partial charge in [-0.25, -0.2) is 0 Å². The highest BCUT2D eigenvalue weighted by atomic mass is 16.1. The van der Waals surface area contributed by atoms with Crippen LogP contribution < -0.4 is 0 Å². The number of allylic oxidation sites excluding steroid dienone is 2. The van der Waals surface area contributed by atoms with E-state index in [9.17, 15) is 4.79 Å². The summed E-state index contributed by atoms with van der Waals surface area (Å²) in [4.78, 5) is 11.6. The molecule has 2 rings (SSSR count). The third-order valence-corrected chi connectivity index (χ3v) is 4.61. The van der Waals surface area contributed by atoms with Crippen LogP contribution in [0.15, 0.2) is 11.6 Å². The first-order valence-electron chi connectivity index (χ1n) is 6.90. The van der Waals surface area contributed by atoms with Crippen LogP contribution in [0.5, 0.6) is 0 Å². The van der Waals surface area contributed by atoms with E-state index < -0.39 is 0 Å². The Balaban J connectivity index is 2.03. The first-order chi connectivity index (χ1) is 7.66. The Hall–Kier alpha value is -0.590. The van der Waals surface area contributed by atoms with Gasteiger partial charge in [-0.2, -0.15) is 0 Å². The van der Waals surface area contributed by atoms with Crippen molar-refractivity contribution in [2.24, 2.45) is 17.8 Å². The lowest BCUT2D eigenvalue weighted by Crippen LogP contribution is -2.22. The summed E-state index contributed by atoms with van der Waals surface area (Å²) in [6, 6.07) is 0. The molecule has 0 aromatic carbocycles. The molecule has 0 aliphatic heterocycles. The highest BCUT2D eigenvalue weighted by molar-refractivity contribution is 5.90. The Morgan fingerprint density at radius 3 is 2.56 bits per heavy atom. The molecule has 2 aliphatic rings. The lowest BCUT2D eigenvalue weighted by atomic mass is 9.72. The molecule has 0 spiro atoms. The molecule has 1 saturated carbocycles. The zero-order valence-corrected chi connectivity index (χ0v) is 10.7. The third kappa shape index (κ3) is 2.75. The summed E-state index contributed by atoms with van der Waals surface area (Å²) < 4.78 is 0. The SMILES string of the molecule is CC1CCC(C2=CC(=O)CCCC2)CC1C. The standard InChI is InChI=1S/C15H24O/c1-11-7-8-14(9-12(11)2)13-5-3-4-6-15(16)10-13/h10-12,14H,3-9H2,1-2H3. The highest BCUT2D eigenvalue weighted by Gasteiger charge is 2.27. The summed E-state index contributed by atoms with van der Waals surface area (Å²) in [5, 5.41) is 0. The summed E-state index contributed by atoms with van der Waals surface area (Å²) in [6.07, 6.45) is 10.2. The van der Waals surface area contributed by atoms with Crippen LogP contribution in [0.4, 0.5) is 0 Å². The second kappa shape index (κ2) is 5.16. The molecule has 3 unspecified atom stereocenters. The van der Waals surface area contributed by atoms with E-state index >= 15 is 0 Å². The summed E-state index contributed by atoms with van der Waals surface area (Å²) in [5.41, 5.74) is 1.47. The maximum absolute atomic E-state index is 11.6. The quantitative estimate of drug-likeness (QED) is 0.649. The Labute approximate surface area is 99.3 Å². The number of carbonyl (C=O) groups excluding carboxylic acids is 1. The van der Waals surface area contributed by atoms with Gasteiger partial charge in [0, 0.05) is 6.42 Å². The molecule has 0 N–H and O–H groups in total. The number of hydrogen-bond acceptors (Lipinski definition) is 1. The van der Waals surface area contributed by atoms with Gasteiger partial charge in [-0.15, -0.1) is 0 Å². The third-order valence-electron chi connectivity index (χ3n) is 4.61. The van der Waals surface area contributed by atoms with E-state index in [2.05, 4.69) is 13.8 Å². The van der Waals surface area contributed by atoms with E-state index in [4.69, 9.17) is 0 Å². The number of carbonyl (C=O) groups is 1. The summed E-state index contributed by atoms with van der Waals surface area (Å²) >= 11 is 0. The molecule has 0 amide bonds. The number of rotatable bonds is 1. The van der Waals surface area contributed by atoms with Gasteiger partial charge < -0.3 is 0 Å². The largest absolute Gasteiger partial charge is 0.295 e.